The molecular weight excluding hydrogens is 1680 g/mol. The highest BCUT2D eigenvalue weighted by Gasteiger charge is 2.23. The molecule has 27 nitrogen and oxygen atoms in total. The number of likely N-dealkylation sites (tertiary alicyclic amines) is 1. The summed E-state index contributed by atoms with van der Waals surface area (Å²) in [5.74, 6) is 0.904. The van der Waals surface area contributed by atoms with Crippen molar-refractivity contribution in [1.29, 1.82) is 0 Å². The van der Waals surface area contributed by atoms with Gasteiger partial charge >= 0.3 is 0 Å². The second kappa shape index (κ2) is 45.3. The van der Waals surface area contributed by atoms with Crippen molar-refractivity contribution in [2.45, 2.75) is 32.1 Å². The number of aliphatic imine (C=N–C) groups is 1. The van der Waals surface area contributed by atoms with Crippen molar-refractivity contribution in [2.75, 3.05) is 129 Å². The van der Waals surface area contributed by atoms with Crippen LogP contribution in [0.25, 0.3) is 45.0 Å². The van der Waals surface area contributed by atoms with Gasteiger partial charge in [0.15, 0.2) is 0 Å². The lowest BCUT2D eigenvalue weighted by molar-refractivity contribution is -0.127. The molecule has 7 N–H and O–H groups in total. The lowest BCUT2D eigenvalue weighted by Gasteiger charge is -2.26. The molecule has 0 saturated carbocycles. The van der Waals surface area contributed by atoms with Crippen LogP contribution in [0, 0.1) is 0 Å². The molecule has 32 heteroatoms. The molecule has 6 amide bonds. The minimum atomic E-state index is -0.331. The molecule has 632 valence electrons. The van der Waals surface area contributed by atoms with Gasteiger partial charge in [-0.1, -0.05) is 88.3 Å². The number of halogens is 5. The molecule has 3 saturated heterocycles. The van der Waals surface area contributed by atoms with Gasteiger partial charge in [0.05, 0.1) is 96.6 Å². The monoisotopic (exact) mass is 1760 g/mol. The van der Waals surface area contributed by atoms with E-state index in [9.17, 15) is 28.8 Å². The van der Waals surface area contributed by atoms with E-state index in [0.717, 1.165) is 129 Å². The number of allylic oxidation sites excluding steroid dienone is 1. The van der Waals surface area contributed by atoms with Gasteiger partial charge in [0.2, 0.25) is 5.91 Å². The van der Waals surface area contributed by atoms with Gasteiger partial charge in [-0.15, -0.1) is 0 Å². The van der Waals surface area contributed by atoms with Crippen LogP contribution >= 0.6 is 58.0 Å². The zero-order valence-corrected chi connectivity index (χ0v) is 70.9. The topological polar surface area (TPSA) is 330 Å². The Labute approximate surface area is 741 Å². The minimum Gasteiger partial charge on any atom is -0.379 e. The van der Waals surface area contributed by atoms with Crippen LogP contribution in [0.3, 0.4) is 0 Å². The highest BCUT2D eigenvalue weighted by molar-refractivity contribution is 6.35. The molecule has 8 aromatic heterocycles. The lowest BCUT2D eigenvalue weighted by atomic mass is 10.1. The van der Waals surface area contributed by atoms with Crippen molar-refractivity contribution >= 4 is 140 Å². The Morgan fingerprint density at radius 3 is 1.23 bits per heavy atom. The number of hydrogen-bond acceptors (Lipinski definition) is 21. The third-order valence-corrected chi connectivity index (χ3v) is 21.3. The molecule has 12 heterocycles. The van der Waals surface area contributed by atoms with Crippen molar-refractivity contribution < 1.29 is 38.2 Å². The van der Waals surface area contributed by atoms with Gasteiger partial charge in [-0.25, -0.2) is 15.0 Å². The predicted octanol–water partition coefficient (Wildman–Crippen LogP) is 17.7. The van der Waals surface area contributed by atoms with E-state index in [0.29, 0.717) is 139 Å². The summed E-state index contributed by atoms with van der Waals surface area (Å²) in [6, 6.07) is 55.2. The molecule has 3 fully saturated rings. The van der Waals surface area contributed by atoms with E-state index in [4.69, 9.17) is 67.5 Å². The van der Waals surface area contributed by atoms with E-state index in [1.807, 2.05) is 90.0 Å². The first-order valence-electron chi connectivity index (χ1n) is 40.0. The standard InChI is InChI=1S/C24H24ClN5O2.C23H23Cl2N5O2.C23H20ClN5O.C22H19ClN4O3/c25-20-9-8-18(15-19(20)21-5-1-2-11-26-21)29-24(32)17-7-10-22(28-16-17)27-12-4-14-30-13-3-6-23(30)31;24-19-5-4-17(14-18(19)21-3-1-2-6-26-21)29-23(31)16-13-20(25)22(28-15-16)27-7-8-30-9-11-32-12-10-30;24-20-8-7-18(14-19(20)21-5-1-2-11-26-21)29-23(30)16-6-9-22(28-15-16)27-13-10-17-4-3-12-25-17;23-18-6-5-16(13-17(18)19-3-1-2-8-24-19)26-21(28)15-4-7-20(25-14-15)22(29)27-9-11-30-12-10-27/h1-2,5,7-11,15-16H,3-4,6,12-14H2,(H,27,28)(H,29,32);1-6,13-15H,7-12H2,(H,27,28)(H,29,31);1-2,4-9,11-12,14-15H,3,10,13H2,(H,27,28)(H,29,30);1-8,13-14H,9-12H2,(H,26,28). The van der Waals surface area contributed by atoms with Crippen molar-refractivity contribution in [2.24, 2.45) is 4.99 Å². The third kappa shape index (κ3) is 25.8. The van der Waals surface area contributed by atoms with Gasteiger partial charge in [0.1, 0.15) is 23.1 Å². The Kier molecular flexibility index (Phi) is 32.4. The largest absolute Gasteiger partial charge is 0.379 e. The van der Waals surface area contributed by atoms with Crippen LogP contribution in [-0.4, -0.2) is 188 Å². The second-order valence-corrected chi connectivity index (χ2v) is 30.3. The molecule has 12 aromatic rings. The third-order valence-electron chi connectivity index (χ3n) is 19.7. The van der Waals surface area contributed by atoms with Gasteiger partial charge in [0.25, 0.3) is 29.5 Å². The Morgan fingerprint density at radius 2 is 0.839 bits per heavy atom. The number of morpholine rings is 2. The average molecular weight is 1760 g/mol. The van der Waals surface area contributed by atoms with Crippen molar-refractivity contribution in [3.05, 3.63) is 302 Å². The van der Waals surface area contributed by atoms with Crippen LogP contribution in [0.2, 0.25) is 25.1 Å². The molecule has 0 spiro atoms. The molecule has 4 aliphatic rings. The fourth-order valence-electron chi connectivity index (χ4n) is 13.1. The molecule has 0 unspecified atom stereocenters. The molecule has 0 aliphatic carbocycles. The summed E-state index contributed by atoms with van der Waals surface area (Å²) in [5, 5.41) is 23.8. The minimum absolute atomic E-state index is 0.164. The number of nitrogens with zero attached hydrogens (tertiary/aromatic N) is 12. The predicted molar refractivity (Wildman–Crippen MR) is 488 cm³/mol. The Hall–Kier alpha value is -13.0. The molecule has 16 rings (SSSR count). The molecule has 4 aliphatic heterocycles. The van der Waals surface area contributed by atoms with Crippen molar-refractivity contribution in [3.8, 4) is 45.0 Å². The smallest absolute Gasteiger partial charge is 0.272 e. The Bertz CT molecular complexity index is 5710. The van der Waals surface area contributed by atoms with E-state index >= 15 is 0 Å². The second-order valence-electron chi connectivity index (χ2n) is 28.3. The molecule has 0 bridgehead atoms. The SMILES string of the molecule is O=C(Nc1ccc(Cl)c(-c2ccccn2)c1)c1ccc(C(=O)N2CCOCC2)nc1.O=C(Nc1ccc(Cl)c(-c2ccccn2)c1)c1ccc(NCCC2=CCC=N2)nc1.O=C(Nc1ccc(Cl)c(-c2ccccn2)c1)c1ccc(NCCCN2CCCC2=O)nc1.O=C(Nc1ccc(Cl)c(-c2ccccn2)c1)c1cnc(NCCN2CCOCC2)c(Cl)c1. The Balaban J connectivity index is 0.000000142. The number of hydrogen-bond donors (Lipinski definition) is 7. The normalized spacial score (nSPS) is 13.4. The first-order chi connectivity index (χ1) is 60.5. The zero-order valence-electron chi connectivity index (χ0n) is 67.1. The summed E-state index contributed by atoms with van der Waals surface area (Å²) in [5.41, 5.74) is 11.4. The number of pyridine rings is 8. The van der Waals surface area contributed by atoms with Crippen molar-refractivity contribution in [1.82, 2.24) is 54.6 Å². The first-order valence-corrected chi connectivity index (χ1v) is 41.9. The summed E-state index contributed by atoms with van der Waals surface area (Å²) >= 11 is 31.6. The van der Waals surface area contributed by atoms with E-state index in [1.165, 1.54) is 18.6 Å². The van der Waals surface area contributed by atoms with Crippen molar-refractivity contribution in [3.63, 3.8) is 0 Å². The van der Waals surface area contributed by atoms with E-state index in [1.54, 1.807) is 145 Å². The summed E-state index contributed by atoms with van der Waals surface area (Å²) < 4.78 is 10.6. The van der Waals surface area contributed by atoms with Gasteiger partial charge < -0.3 is 56.5 Å². The summed E-state index contributed by atoms with van der Waals surface area (Å²) in [6.07, 6.45) is 21.0. The fourth-order valence-corrected chi connectivity index (χ4v) is 14.2. The highest BCUT2D eigenvalue weighted by Crippen LogP contribution is 2.35. The first kappa shape index (κ1) is 88.8. The lowest BCUT2D eigenvalue weighted by Crippen LogP contribution is -2.41. The van der Waals surface area contributed by atoms with Gasteiger partial charge in [0, 0.05) is 191 Å². The number of anilines is 7. The van der Waals surface area contributed by atoms with Crippen LogP contribution in [0.1, 0.15) is 84.0 Å². The summed E-state index contributed by atoms with van der Waals surface area (Å²) in [4.78, 5) is 119. The van der Waals surface area contributed by atoms with Gasteiger partial charge in [-0.3, -0.25) is 63.6 Å². The van der Waals surface area contributed by atoms with Crippen LogP contribution < -0.4 is 37.2 Å². The number of nitrogens with one attached hydrogen (secondary N) is 7. The number of aromatic nitrogens is 8. The van der Waals surface area contributed by atoms with Crippen LogP contribution in [0.4, 0.5) is 40.2 Å². The van der Waals surface area contributed by atoms with E-state index in [-0.39, 0.29) is 35.4 Å². The van der Waals surface area contributed by atoms with Crippen LogP contribution in [0.5, 0.6) is 0 Å². The summed E-state index contributed by atoms with van der Waals surface area (Å²) in [7, 11) is 0. The number of carbonyl (C=O) groups is 6. The summed E-state index contributed by atoms with van der Waals surface area (Å²) in [6.45, 7) is 10.1. The number of benzene rings is 4. The number of rotatable bonds is 26. The number of carbonyl (C=O) groups excluding carboxylic acids is 6. The van der Waals surface area contributed by atoms with Gasteiger partial charge in [-0.2, -0.15) is 0 Å². The molecule has 0 atom stereocenters. The molecule has 4 aromatic carbocycles. The van der Waals surface area contributed by atoms with E-state index in [2.05, 4.69) is 93.1 Å². The quantitative estimate of drug-likeness (QED) is 0.0248. The molecule has 0 radical (unpaired) electrons. The van der Waals surface area contributed by atoms with Crippen LogP contribution in [-0.2, 0) is 14.3 Å². The fraction of sp³-hybridized carbons (Fsp3) is 0.207. The maximum atomic E-state index is 12.7. The molecular formula is C92H86Cl5N19O8. The number of ether oxygens (including phenoxy) is 2. The highest BCUT2D eigenvalue weighted by atomic mass is 35.5. The average Bonchev–Trinajstić information content (AvgIpc) is 1.15. The van der Waals surface area contributed by atoms with Gasteiger partial charge in [-0.05, 0) is 177 Å². The Morgan fingerprint density at radius 1 is 0.403 bits per heavy atom. The zero-order chi connectivity index (χ0) is 86.4. The molecule has 124 heavy (non-hydrogen) atoms. The number of amides is 6. The van der Waals surface area contributed by atoms with Crippen LogP contribution in [0.15, 0.2) is 254 Å². The maximum Gasteiger partial charge on any atom is 0.272 e. The van der Waals surface area contributed by atoms with E-state index < -0.39 is 0 Å². The maximum absolute atomic E-state index is 12.7.